The fraction of sp³-hybridized carbons (Fsp3) is 0.222. The van der Waals surface area contributed by atoms with Gasteiger partial charge in [-0.15, -0.1) is 0 Å². The molecule has 0 N–H and O–H groups in total. The number of methoxy groups -OCH3 is 1. The maximum absolute atomic E-state index is 13.2. The number of aryl methyl sites for hydroxylation is 2. The van der Waals surface area contributed by atoms with Crippen LogP contribution in [0.4, 0.5) is 0 Å². The molecule has 0 saturated heterocycles. The van der Waals surface area contributed by atoms with Gasteiger partial charge in [0.15, 0.2) is 5.76 Å². The number of fused-ring (bicyclic) bond motifs is 1. The molecule has 4 aromatic rings. The highest BCUT2D eigenvalue weighted by Crippen LogP contribution is 2.32. The molecule has 0 aliphatic carbocycles. The van der Waals surface area contributed by atoms with E-state index in [4.69, 9.17) is 18.6 Å². The van der Waals surface area contributed by atoms with Crippen molar-refractivity contribution in [3.8, 4) is 28.6 Å². The molecule has 5 heteroatoms. The third-order valence-corrected chi connectivity index (χ3v) is 5.18. The third kappa shape index (κ3) is 4.78. The van der Waals surface area contributed by atoms with E-state index < -0.39 is 0 Å². The van der Waals surface area contributed by atoms with Gasteiger partial charge in [0.1, 0.15) is 17.1 Å². The second-order valence-electron chi connectivity index (χ2n) is 7.68. The Morgan fingerprint density at radius 1 is 0.781 bits per heavy atom. The molecule has 0 atom stereocenters. The van der Waals surface area contributed by atoms with Crippen molar-refractivity contribution < 1.29 is 18.6 Å². The first-order valence-corrected chi connectivity index (χ1v) is 10.6. The summed E-state index contributed by atoms with van der Waals surface area (Å²) in [5.41, 5.74) is 3.30. The lowest BCUT2D eigenvalue weighted by molar-refractivity contribution is 0.244. The van der Waals surface area contributed by atoms with Crippen LogP contribution in [0.2, 0.25) is 0 Å². The zero-order valence-electron chi connectivity index (χ0n) is 18.5. The summed E-state index contributed by atoms with van der Waals surface area (Å²) in [7, 11) is 1.61. The summed E-state index contributed by atoms with van der Waals surface area (Å²) >= 11 is 0. The SMILES string of the molecule is COc1ccc(-c2oc3cc(C)ccc3c(=O)c2OCCCOc2ccc(C)cc2)cc1. The molecule has 0 bridgehead atoms. The van der Waals surface area contributed by atoms with E-state index in [9.17, 15) is 4.79 Å². The Bertz CT molecular complexity index is 1250. The van der Waals surface area contributed by atoms with E-state index >= 15 is 0 Å². The first-order valence-electron chi connectivity index (χ1n) is 10.6. The molecule has 1 heterocycles. The number of rotatable bonds is 8. The summed E-state index contributed by atoms with van der Waals surface area (Å²) in [5.74, 6) is 2.16. The Balaban J connectivity index is 1.56. The highest BCUT2D eigenvalue weighted by atomic mass is 16.5. The Labute approximate surface area is 187 Å². The van der Waals surface area contributed by atoms with E-state index in [1.165, 1.54) is 5.56 Å². The molecule has 164 valence electrons. The van der Waals surface area contributed by atoms with Crippen molar-refractivity contribution in [2.24, 2.45) is 0 Å². The molecule has 5 nitrogen and oxygen atoms in total. The van der Waals surface area contributed by atoms with E-state index in [1.807, 2.05) is 74.5 Å². The molecule has 0 radical (unpaired) electrons. The fourth-order valence-electron chi connectivity index (χ4n) is 3.40. The van der Waals surface area contributed by atoms with Gasteiger partial charge in [-0.25, -0.2) is 0 Å². The van der Waals surface area contributed by atoms with E-state index in [2.05, 4.69) is 0 Å². The minimum absolute atomic E-state index is 0.184. The van der Waals surface area contributed by atoms with Gasteiger partial charge in [0.25, 0.3) is 0 Å². The highest BCUT2D eigenvalue weighted by Gasteiger charge is 2.18. The van der Waals surface area contributed by atoms with Gasteiger partial charge in [0.2, 0.25) is 11.2 Å². The van der Waals surface area contributed by atoms with E-state index in [-0.39, 0.29) is 11.2 Å². The summed E-state index contributed by atoms with van der Waals surface area (Å²) in [6, 6.07) is 20.8. The predicted octanol–water partition coefficient (Wildman–Crippen LogP) is 5.93. The minimum atomic E-state index is -0.184. The summed E-state index contributed by atoms with van der Waals surface area (Å²) in [5, 5.41) is 0.499. The Morgan fingerprint density at radius 2 is 1.44 bits per heavy atom. The van der Waals surface area contributed by atoms with Crippen molar-refractivity contribution in [1.29, 1.82) is 0 Å². The van der Waals surface area contributed by atoms with Gasteiger partial charge in [-0.3, -0.25) is 4.79 Å². The Morgan fingerprint density at radius 3 is 2.16 bits per heavy atom. The third-order valence-electron chi connectivity index (χ3n) is 5.18. The van der Waals surface area contributed by atoms with Gasteiger partial charge in [0.05, 0.1) is 25.7 Å². The van der Waals surface area contributed by atoms with Crippen molar-refractivity contribution in [3.05, 3.63) is 88.1 Å². The van der Waals surface area contributed by atoms with Crippen LogP contribution in [0.25, 0.3) is 22.3 Å². The van der Waals surface area contributed by atoms with Crippen LogP contribution in [-0.2, 0) is 0 Å². The highest BCUT2D eigenvalue weighted by molar-refractivity contribution is 5.82. The van der Waals surface area contributed by atoms with Crippen LogP contribution in [-0.4, -0.2) is 20.3 Å². The van der Waals surface area contributed by atoms with E-state index in [0.29, 0.717) is 36.4 Å². The topological polar surface area (TPSA) is 57.9 Å². The van der Waals surface area contributed by atoms with E-state index in [1.54, 1.807) is 13.2 Å². The zero-order valence-corrected chi connectivity index (χ0v) is 18.5. The number of hydrogen-bond acceptors (Lipinski definition) is 5. The average molecular weight is 431 g/mol. The molecule has 3 aromatic carbocycles. The van der Waals surface area contributed by atoms with Gasteiger partial charge >= 0.3 is 0 Å². The molecule has 0 unspecified atom stereocenters. The van der Waals surface area contributed by atoms with Crippen LogP contribution in [0.3, 0.4) is 0 Å². The molecule has 32 heavy (non-hydrogen) atoms. The standard InChI is InChI=1S/C27H26O5/c1-18-5-10-22(11-6-18)30-15-4-16-31-27-25(28)23-14-7-19(2)17-24(23)32-26(27)20-8-12-21(29-3)13-9-20/h5-14,17H,4,15-16H2,1-3H3. The molecule has 0 spiro atoms. The molecular formula is C27H26O5. The lowest BCUT2D eigenvalue weighted by Crippen LogP contribution is -2.13. The van der Waals surface area contributed by atoms with Gasteiger partial charge in [-0.05, 0) is 67.9 Å². The summed E-state index contributed by atoms with van der Waals surface area (Å²) in [6.07, 6.45) is 0.626. The van der Waals surface area contributed by atoms with Crippen LogP contribution in [0, 0.1) is 13.8 Å². The van der Waals surface area contributed by atoms with Crippen LogP contribution < -0.4 is 19.6 Å². The van der Waals surface area contributed by atoms with Crippen molar-refractivity contribution >= 4 is 11.0 Å². The van der Waals surface area contributed by atoms with Crippen LogP contribution in [0.15, 0.2) is 75.9 Å². The quantitative estimate of drug-likeness (QED) is 0.324. The first kappa shape index (κ1) is 21.5. The average Bonchev–Trinajstić information content (AvgIpc) is 2.81. The second kappa shape index (κ2) is 9.60. The predicted molar refractivity (Wildman–Crippen MR) is 126 cm³/mol. The number of hydrogen-bond donors (Lipinski definition) is 0. The summed E-state index contributed by atoms with van der Waals surface area (Å²) < 4.78 is 23.1. The lowest BCUT2D eigenvalue weighted by Gasteiger charge is -2.13. The summed E-state index contributed by atoms with van der Waals surface area (Å²) in [6.45, 7) is 4.82. The van der Waals surface area contributed by atoms with Gasteiger partial charge in [-0.2, -0.15) is 0 Å². The second-order valence-corrected chi connectivity index (χ2v) is 7.68. The van der Waals surface area contributed by atoms with Crippen molar-refractivity contribution in [3.63, 3.8) is 0 Å². The van der Waals surface area contributed by atoms with Crippen LogP contribution >= 0.6 is 0 Å². The Hall–Kier alpha value is -3.73. The normalized spacial score (nSPS) is 10.8. The molecule has 1 aromatic heterocycles. The van der Waals surface area contributed by atoms with E-state index in [0.717, 1.165) is 22.6 Å². The maximum Gasteiger partial charge on any atom is 0.235 e. The largest absolute Gasteiger partial charge is 0.497 e. The van der Waals surface area contributed by atoms with Gasteiger partial charge < -0.3 is 18.6 Å². The molecule has 0 aliphatic heterocycles. The lowest BCUT2D eigenvalue weighted by atomic mass is 10.1. The van der Waals surface area contributed by atoms with Gasteiger partial charge in [-0.1, -0.05) is 23.8 Å². The molecular weight excluding hydrogens is 404 g/mol. The maximum atomic E-state index is 13.2. The number of benzene rings is 3. The number of ether oxygens (including phenoxy) is 3. The Kier molecular flexibility index (Phi) is 6.45. The molecule has 0 fully saturated rings. The molecule has 4 rings (SSSR count). The zero-order chi connectivity index (χ0) is 22.5. The van der Waals surface area contributed by atoms with Crippen molar-refractivity contribution in [2.45, 2.75) is 20.3 Å². The molecule has 0 aliphatic rings. The minimum Gasteiger partial charge on any atom is -0.497 e. The van der Waals surface area contributed by atoms with Crippen molar-refractivity contribution in [1.82, 2.24) is 0 Å². The molecule has 0 saturated carbocycles. The van der Waals surface area contributed by atoms with Crippen LogP contribution in [0.5, 0.6) is 17.2 Å². The fourth-order valence-corrected chi connectivity index (χ4v) is 3.40. The first-order chi connectivity index (χ1) is 15.5. The van der Waals surface area contributed by atoms with Crippen molar-refractivity contribution in [2.75, 3.05) is 20.3 Å². The van der Waals surface area contributed by atoms with Gasteiger partial charge in [0, 0.05) is 12.0 Å². The summed E-state index contributed by atoms with van der Waals surface area (Å²) in [4.78, 5) is 13.2. The molecule has 0 amide bonds. The monoisotopic (exact) mass is 430 g/mol. The smallest absolute Gasteiger partial charge is 0.235 e. The van der Waals surface area contributed by atoms with Crippen LogP contribution in [0.1, 0.15) is 17.5 Å².